The standard InChI is InChI=1S/C11H10N2O6/c1-19-11(16)8(6-10(14)15)12-7-4-2-3-5-9(7)13(17)18/h2-6,12H,1H3,(H,14,15)/p-1. The van der Waals surface area contributed by atoms with Crippen molar-refractivity contribution in [1.29, 1.82) is 0 Å². The highest BCUT2D eigenvalue weighted by atomic mass is 16.6. The number of methoxy groups -OCH3 is 1. The summed E-state index contributed by atoms with van der Waals surface area (Å²) in [5, 5.41) is 23.6. The highest BCUT2D eigenvalue weighted by molar-refractivity contribution is 5.98. The zero-order valence-corrected chi connectivity index (χ0v) is 9.78. The van der Waals surface area contributed by atoms with Gasteiger partial charge in [0, 0.05) is 6.07 Å². The minimum atomic E-state index is -1.63. The third-order valence-electron chi connectivity index (χ3n) is 2.04. The number of nitro groups is 1. The number of esters is 1. The Balaban J connectivity index is 3.14. The van der Waals surface area contributed by atoms with Gasteiger partial charge in [-0.1, -0.05) is 12.1 Å². The first-order chi connectivity index (χ1) is 8.95. The van der Waals surface area contributed by atoms with Gasteiger partial charge in [0.1, 0.15) is 11.4 Å². The van der Waals surface area contributed by atoms with Gasteiger partial charge < -0.3 is 20.0 Å². The second kappa shape index (κ2) is 6.15. The summed E-state index contributed by atoms with van der Waals surface area (Å²) >= 11 is 0. The lowest BCUT2D eigenvalue weighted by atomic mass is 10.2. The minimum absolute atomic E-state index is 0.0367. The van der Waals surface area contributed by atoms with Crippen molar-refractivity contribution in [3.8, 4) is 0 Å². The molecule has 0 aliphatic carbocycles. The van der Waals surface area contributed by atoms with Crippen molar-refractivity contribution in [2.24, 2.45) is 0 Å². The van der Waals surface area contributed by atoms with Crippen LogP contribution in [0.2, 0.25) is 0 Å². The van der Waals surface area contributed by atoms with Crippen LogP contribution in [0.5, 0.6) is 0 Å². The van der Waals surface area contributed by atoms with Crippen molar-refractivity contribution in [3.05, 3.63) is 46.2 Å². The van der Waals surface area contributed by atoms with Crippen LogP contribution in [0.25, 0.3) is 0 Å². The largest absolute Gasteiger partial charge is 0.545 e. The van der Waals surface area contributed by atoms with Gasteiger partial charge in [-0.05, 0) is 12.1 Å². The number of nitro benzene ring substituents is 1. The number of hydrogen-bond donors (Lipinski definition) is 1. The second-order valence-corrected chi connectivity index (χ2v) is 3.27. The molecule has 0 aliphatic heterocycles. The molecule has 0 saturated heterocycles. The van der Waals surface area contributed by atoms with Crippen molar-refractivity contribution in [3.63, 3.8) is 0 Å². The van der Waals surface area contributed by atoms with Crippen LogP contribution >= 0.6 is 0 Å². The van der Waals surface area contributed by atoms with Crippen LogP contribution in [-0.4, -0.2) is 24.0 Å². The van der Waals surface area contributed by atoms with Crippen LogP contribution in [0.15, 0.2) is 36.0 Å². The number of carbonyl (C=O) groups excluding carboxylic acids is 2. The van der Waals surface area contributed by atoms with E-state index in [0.717, 1.165) is 7.11 Å². The van der Waals surface area contributed by atoms with E-state index in [4.69, 9.17) is 0 Å². The molecule has 0 spiro atoms. The number of carboxylic acid groups (broad SMARTS) is 1. The highest BCUT2D eigenvalue weighted by Crippen LogP contribution is 2.24. The summed E-state index contributed by atoms with van der Waals surface area (Å²) in [6.45, 7) is 0. The van der Waals surface area contributed by atoms with E-state index < -0.39 is 22.6 Å². The average Bonchev–Trinajstić information content (AvgIpc) is 2.36. The number of aliphatic carboxylic acids is 1. The molecule has 0 aliphatic rings. The molecule has 8 nitrogen and oxygen atoms in total. The van der Waals surface area contributed by atoms with Crippen molar-refractivity contribution in [2.45, 2.75) is 0 Å². The van der Waals surface area contributed by atoms with Crippen LogP contribution < -0.4 is 10.4 Å². The van der Waals surface area contributed by atoms with Crippen LogP contribution in [0.1, 0.15) is 0 Å². The van der Waals surface area contributed by atoms with Gasteiger partial charge in [-0.3, -0.25) is 10.1 Å². The smallest absolute Gasteiger partial charge is 0.354 e. The lowest BCUT2D eigenvalue weighted by molar-refractivity contribution is -0.383. The quantitative estimate of drug-likeness (QED) is 0.339. The third-order valence-corrected chi connectivity index (χ3v) is 2.04. The number of hydrogen-bond acceptors (Lipinski definition) is 7. The van der Waals surface area contributed by atoms with Gasteiger partial charge in [0.25, 0.3) is 5.69 Å². The number of carboxylic acids is 1. The molecule has 0 heterocycles. The lowest BCUT2D eigenvalue weighted by Crippen LogP contribution is -2.23. The number of anilines is 1. The Kier molecular flexibility index (Phi) is 4.58. The molecule has 0 atom stereocenters. The van der Waals surface area contributed by atoms with Gasteiger partial charge in [-0.2, -0.15) is 0 Å². The number of benzene rings is 1. The number of ether oxygens (including phenoxy) is 1. The molecule has 0 bridgehead atoms. The molecule has 100 valence electrons. The molecule has 8 heteroatoms. The van der Waals surface area contributed by atoms with Crippen LogP contribution in [0.3, 0.4) is 0 Å². The Hall–Kier alpha value is -2.90. The predicted molar refractivity (Wildman–Crippen MR) is 61.8 cm³/mol. The van der Waals surface area contributed by atoms with Crippen molar-refractivity contribution in [2.75, 3.05) is 12.4 Å². The third kappa shape index (κ3) is 3.80. The van der Waals surface area contributed by atoms with E-state index >= 15 is 0 Å². The molecule has 1 N–H and O–H groups in total. The van der Waals surface area contributed by atoms with E-state index in [0.29, 0.717) is 6.08 Å². The SMILES string of the molecule is COC(=O)C(=CC(=O)[O-])Nc1ccccc1[N+](=O)[O-]. The fourth-order valence-corrected chi connectivity index (χ4v) is 1.26. The lowest BCUT2D eigenvalue weighted by Gasteiger charge is -2.09. The zero-order chi connectivity index (χ0) is 14.4. The molecule has 0 aromatic heterocycles. The predicted octanol–water partition coefficient (Wildman–Crippen LogP) is -0.187. The minimum Gasteiger partial charge on any atom is -0.545 e. The molecule has 1 aromatic carbocycles. The summed E-state index contributed by atoms with van der Waals surface area (Å²) in [6.07, 6.45) is 0.461. The van der Waals surface area contributed by atoms with E-state index in [-0.39, 0.29) is 11.4 Å². The fraction of sp³-hybridized carbons (Fsp3) is 0.0909. The normalized spacial score (nSPS) is 10.7. The summed E-state index contributed by atoms with van der Waals surface area (Å²) < 4.78 is 4.36. The summed E-state index contributed by atoms with van der Waals surface area (Å²) in [6, 6.07) is 5.45. The van der Waals surface area contributed by atoms with Gasteiger partial charge in [-0.25, -0.2) is 4.79 Å². The molecule has 0 unspecified atom stereocenters. The second-order valence-electron chi connectivity index (χ2n) is 3.27. The maximum atomic E-state index is 11.3. The fourth-order valence-electron chi connectivity index (χ4n) is 1.26. The first-order valence-electron chi connectivity index (χ1n) is 4.97. The Bertz CT molecular complexity index is 552. The summed E-state index contributed by atoms with van der Waals surface area (Å²) in [4.78, 5) is 31.9. The van der Waals surface area contributed by atoms with Gasteiger partial charge in [0.05, 0.1) is 18.0 Å². The Labute approximate surface area is 107 Å². The summed E-state index contributed by atoms with van der Waals surface area (Å²) in [7, 11) is 1.05. The summed E-state index contributed by atoms with van der Waals surface area (Å²) in [5.41, 5.74) is -0.821. The van der Waals surface area contributed by atoms with Crippen molar-refractivity contribution >= 4 is 23.3 Å². The molecule has 0 saturated carbocycles. The molecule has 1 rings (SSSR count). The first kappa shape index (κ1) is 14.2. The molecule has 19 heavy (non-hydrogen) atoms. The van der Waals surface area contributed by atoms with Crippen LogP contribution in [0.4, 0.5) is 11.4 Å². The van der Waals surface area contributed by atoms with Gasteiger partial charge in [0.15, 0.2) is 0 Å². The first-order valence-corrected chi connectivity index (χ1v) is 4.97. The monoisotopic (exact) mass is 265 g/mol. The zero-order valence-electron chi connectivity index (χ0n) is 9.78. The van der Waals surface area contributed by atoms with Gasteiger partial charge in [-0.15, -0.1) is 0 Å². The van der Waals surface area contributed by atoms with E-state index in [9.17, 15) is 24.8 Å². The summed E-state index contributed by atoms with van der Waals surface area (Å²) in [5.74, 6) is -2.62. The van der Waals surface area contributed by atoms with Gasteiger partial charge in [0.2, 0.25) is 0 Å². The number of carbonyl (C=O) groups is 2. The molecule has 0 radical (unpaired) electrons. The van der Waals surface area contributed by atoms with E-state index in [1.54, 1.807) is 0 Å². The van der Waals surface area contributed by atoms with E-state index in [2.05, 4.69) is 10.1 Å². The van der Waals surface area contributed by atoms with Crippen LogP contribution in [0, 0.1) is 10.1 Å². The number of rotatable bonds is 5. The maximum Gasteiger partial charge on any atom is 0.354 e. The molecular formula is C11H9N2O6-. The number of nitrogens with one attached hydrogen (secondary N) is 1. The Morgan fingerprint density at radius 3 is 2.53 bits per heavy atom. The van der Waals surface area contributed by atoms with Crippen molar-refractivity contribution < 1.29 is 24.4 Å². The molecule has 0 amide bonds. The Morgan fingerprint density at radius 1 is 1.37 bits per heavy atom. The maximum absolute atomic E-state index is 11.3. The topological polar surface area (TPSA) is 122 Å². The highest BCUT2D eigenvalue weighted by Gasteiger charge is 2.17. The van der Waals surface area contributed by atoms with Gasteiger partial charge >= 0.3 is 5.97 Å². The van der Waals surface area contributed by atoms with E-state index in [1.807, 2.05) is 0 Å². The number of nitrogens with zero attached hydrogens (tertiary/aromatic N) is 1. The number of para-hydroxylation sites is 2. The van der Waals surface area contributed by atoms with Crippen LogP contribution in [-0.2, 0) is 14.3 Å². The van der Waals surface area contributed by atoms with E-state index in [1.165, 1.54) is 24.3 Å². The molecule has 0 fully saturated rings. The molecular weight excluding hydrogens is 256 g/mol. The van der Waals surface area contributed by atoms with Crippen molar-refractivity contribution in [1.82, 2.24) is 0 Å². The average molecular weight is 265 g/mol. The molecule has 1 aromatic rings. The Morgan fingerprint density at radius 2 is 2.00 bits per heavy atom.